The smallest absolute Gasteiger partial charge is 0.303 e. The molecule has 1 N–H and O–H groups in total. The van der Waals surface area contributed by atoms with Crippen LogP contribution in [0.15, 0.2) is 0 Å². The highest BCUT2D eigenvalue weighted by molar-refractivity contribution is 5.66. The van der Waals surface area contributed by atoms with E-state index in [2.05, 4.69) is 4.90 Å². The average Bonchev–Trinajstić information content (AvgIpc) is 2.80. The number of aliphatic carboxylic acids is 1. The lowest BCUT2D eigenvalue weighted by Crippen LogP contribution is -2.48. The molecule has 98 valence electrons. The van der Waals surface area contributed by atoms with Crippen molar-refractivity contribution in [1.82, 2.24) is 4.90 Å². The van der Waals surface area contributed by atoms with Crippen molar-refractivity contribution < 1.29 is 19.4 Å². The van der Waals surface area contributed by atoms with E-state index in [0.29, 0.717) is 19.1 Å². The molecule has 2 unspecified atom stereocenters. The summed E-state index contributed by atoms with van der Waals surface area (Å²) in [5.74, 6) is -0.729. The molecule has 0 saturated carbocycles. The Morgan fingerprint density at radius 3 is 3.00 bits per heavy atom. The zero-order valence-corrected chi connectivity index (χ0v) is 10.1. The number of ether oxygens (including phenoxy) is 2. The first-order chi connectivity index (χ1) is 8.25. The third-order valence-corrected chi connectivity index (χ3v) is 3.50. The highest BCUT2D eigenvalue weighted by Crippen LogP contribution is 2.18. The Balaban J connectivity index is 1.80. The summed E-state index contributed by atoms with van der Waals surface area (Å²) < 4.78 is 11.1. The number of morpholine rings is 1. The van der Waals surface area contributed by atoms with Gasteiger partial charge in [0.05, 0.1) is 19.3 Å². The maximum atomic E-state index is 10.6. The molecule has 0 aromatic rings. The molecule has 2 saturated heterocycles. The van der Waals surface area contributed by atoms with Crippen LogP contribution in [0.1, 0.15) is 25.7 Å². The van der Waals surface area contributed by atoms with Gasteiger partial charge in [-0.05, 0) is 19.3 Å². The van der Waals surface area contributed by atoms with Crippen LogP contribution in [0, 0.1) is 0 Å². The molecule has 0 aliphatic carbocycles. The van der Waals surface area contributed by atoms with Gasteiger partial charge in [-0.1, -0.05) is 0 Å². The normalized spacial score (nSPS) is 30.6. The first-order valence-corrected chi connectivity index (χ1v) is 6.41. The van der Waals surface area contributed by atoms with Crippen molar-refractivity contribution >= 4 is 5.97 Å². The number of carbonyl (C=O) groups is 1. The molecular formula is C12H21NO4. The topological polar surface area (TPSA) is 59.0 Å². The van der Waals surface area contributed by atoms with Crippen LogP contribution in [0.25, 0.3) is 0 Å². The van der Waals surface area contributed by atoms with Crippen molar-refractivity contribution in [2.45, 2.75) is 37.8 Å². The molecule has 0 radical (unpaired) electrons. The molecule has 2 rings (SSSR count). The molecule has 2 aliphatic heterocycles. The summed E-state index contributed by atoms with van der Waals surface area (Å²) >= 11 is 0. The Morgan fingerprint density at radius 2 is 2.29 bits per heavy atom. The van der Waals surface area contributed by atoms with Crippen LogP contribution in [-0.2, 0) is 14.3 Å². The van der Waals surface area contributed by atoms with Gasteiger partial charge in [0.2, 0.25) is 0 Å². The molecule has 2 aliphatic rings. The Labute approximate surface area is 102 Å². The fourth-order valence-corrected chi connectivity index (χ4v) is 2.54. The van der Waals surface area contributed by atoms with E-state index in [1.54, 1.807) is 0 Å². The van der Waals surface area contributed by atoms with E-state index < -0.39 is 5.97 Å². The highest BCUT2D eigenvalue weighted by atomic mass is 16.5. The third kappa shape index (κ3) is 3.94. The third-order valence-electron chi connectivity index (χ3n) is 3.50. The van der Waals surface area contributed by atoms with Crippen LogP contribution in [-0.4, -0.2) is 61.0 Å². The van der Waals surface area contributed by atoms with Gasteiger partial charge >= 0.3 is 5.97 Å². The molecule has 0 spiro atoms. The number of hydrogen-bond donors (Lipinski definition) is 1. The highest BCUT2D eigenvalue weighted by Gasteiger charge is 2.27. The van der Waals surface area contributed by atoms with Crippen molar-refractivity contribution in [2.75, 3.05) is 32.9 Å². The second-order valence-electron chi connectivity index (χ2n) is 4.79. The van der Waals surface area contributed by atoms with E-state index in [1.807, 2.05) is 0 Å². The summed E-state index contributed by atoms with van der Waals surface area (Å²) in [6.45, 7) is 4.09. The minimum absolute atomic E-state index is 0.218. The van der Waals surface area contributed by atoms with E-state index in [-0.39, 0.29) is 12.5 Å². The number of carboxylic acids is 1. The van der Waals surface area contributed by atoms with Crippen molar-refractivity contribution in [2.24, 2.45) is 0 Å². The summed E-state index contributed by atoms with van der Waals surface area (Å²) in [7, 11) is 0. The van der Waals surface area contributed by atoms with Crippen molar-refractivity contribution in [3.63, 3.8) is 0 Å². The second-order valence-corrected chi connectivity index (χ2v) is 4.79. The molecule has 0 aromatic carbocycles. The maximum Gasteiger partial charge on any atom is 0.303 e. The first kappa shape index (κ1) is 12.8. The number of rotatable bonds is 5. The zero-order valence-electron chi connectivity index (χ0n) is 10.1. The lowest BCUT2D eigenvalue weighted by Gasteiger charge is -2.36. The zero-order chi connectivity index (χ0) is 12.1. The largest absolute Gasteiger partial charge is 0.481 e. The van der Waals surface area contributed by atoms with E-state index >= 15 is 0 Å². The summed E-state index contributed by atoms with van der Waals surface area (Å²) in [6, 6.07) is 0.240. The SMILES string of the molecule is O=C(O)CCC1COCCN1CC1CCCO1. The molecule has 0 amide bonds. The van der Waals surface area contributed by atoms with Gasteiger partial charge in [0.15, 0.2) is 0 Å². The van der Waals surface area contributed by atoms with Crippen LogP contribution in [0.4, 0.5) is 0 Å². The summed E-state index contributed by atoms with van der Waals surface area (Å²) in [4.78, 5) is 12.9. The molecule has 17 heavy (non-hydrogen) atoms. The Kier molecular flexibility index (Phi) is 4.76. The van der Waals surface area contributed by atoms with Gasteiger partial charge in [0.1, 0.15) is 0 Å². The van der Waals surface area contributed by atoms with Crippen LogP contribution >= 0.6 is 0 Å². The molecule has 5 heteroatoms. The average molecular weight is 243 g/mol. The molecule has 2 fully saturated rings. The molecule has 2 heterocycles. The Hall–Kier alpha value is -0.650. The van der Waals surface area contributed by atoms with Gasteiger partial charge in [-0.25, -0.2) is 0 Å². The van der Waals surface area contributed by atoms with Crippen molar-refractivity contribution in [3.05, 3.63) is 0 Å². The van der Waals surface area contributed by atoms with Crippen LogP contribution in [0.5, 0.6) is 0 Å². The maximum absolute atomic E-state index is 10.6. The lowest BCUT2D eigenvalue weighted by atomic mass is 10.1. The van der Waals surface area contributed by atoms with Gasteiger partial charge in [0.25, 0.3) is 0 Å². The molecule has 0 bridgehead atoms. The van der Waals surface area contributed by atoms with E-state index in [4.69, 9.17) is 14.6 Å². The molecular weight excluding hydrogens is 222 g/mol. The minimum Gasteiger partial charge on any atom is -0.481 e. The van der Waals surface area contributed by atoms with E-state index in [0.717, 1.165) is 39.1 Å². The van der Waals surface area contributed by atoms with Crippen molar-refractivity contribution in [3.8, 4) is 0 Å². The predicted octanol–water partition coefficient (Wildman–Crippen LogP) is 0.731. The van der Waals surface area contributed by atoms with Gasteiger partial charge in [0, 0.05) is 32.2 Å². The second kappa shape index (κ2) is 6.33. The van der Waals surface area contributed by atoms with Crippen molar-refractivity contribution in [1.29, 1.82) is 0 Å². The summed E-state index contributed by atoms with van der Waals surface area (Å²) in [6.07, 6.45) is 3.50. The Bertz CT molecular complexity index is 253. The molecule has 2 atom stereocenters. The first-order valence-electron chi connectivity index (χ1n) is 6.41. The van der Waals surface area contributed by atoms with Crippen LogP contribution < -0.4 is 0 Å². The molecule has 5 nitrogen and oxygen atoms in total. The Morgan fingerprint density at radius 1 is 1.41 bits per heavy atom. The number of nitrogens with zero attached hydrogens (tertiary/aromatic N) is 1. The van der Waals surface area contributed by atoms with E-state index in [1.165, 1.54) is 0 Å². The minimum atomic E-state index is -0.729. The lowest BCUT2D eigenvalue weighted by molar-refractivity contribution is -0.137. The van der Waals surface area contributed by atoms with Gasteiger partial charge < -0.3 is 14.6 Å². The number of carboxylic acid groups (broad SMARTS) is 1. The summed E-state index contributed by atoms with van der Waals surface area (Å²) in [5, 5.41) is 8.73. The number of hydrogen-bond acceptors (Lipinski definition) is 4. The fourth-order valence-electron chi connectivity index (χ4n) is 2.54. The standard InChI is InChI=1S/C12H21NO4/c14-12(15)4-3-10-9-16-7-5-13(10)8-11-2-1-6-17-11/h10-11H,1-9H2,(H,14,15). The van der Waals surface area contributed by atoms with E-state index in [9.17, 15) is 4.79 Å². The predicted molar refractivity (Wildman–Crippen MR) is 62.0 cm³/mol. The summed E-state index contributed by atoms with van der Waals surface area (Å²) in [5.41, 5.74) is 0. The fraction of sp³-hybridized carbons (Fsp3) is 0.917. The monoisotopic (exact) mass is 243 g/mol. The van der Waals surface area contributed by atoms with Gasteiger partial charge in [-0.2, -0.15) is 0 Å². The quantitative estimate of drug-likeness (QED) is 0.771. The van der Waals surface area contributed by atoms with Crippen LogP contribution in [0.3, 0.4) is 0 Å². The molecule has 0 aromatic heterocycles. The van der Waals surface area contributed by atoms with Gasteiger partial charge in [-0.15, -0.1) is 0 Å². The van der Waals surface area contributed by atoms with Gasteiger partial charge in [-0.3, -0.25) is 9.69 Å². The van der Waals surface area contributed by atoms with Crippen LogP contribution in [0.2, 0.25) is 0 Å².